The van der Waals surface area contributed by atoms with Crippen LogP contribution in [0.5, 0.6) is 0 Å². The van der Waals surface area contributed by atoms with Gasteiger partial charge in [0.1, 0.15) is 0 Å². The molecule has 0 saturated heterocycles. The smallest absolute Gasteiger partial charge is 0.0459 e. The topological polar surface area (TPSA) is 0 Å². The first-order chi connectivity index (χ1) is 13.9. The van der Waals surface area contributed by atoms with Crippen LogP contribution in [0.15, 0.2) is 60.7 Å². The normalized spacial score (nSPS) is 21.3. The Hall–Kier alpha value is -0.860. The van der Waals surface area contributed by atoms with E-state index in [1.54, 1.807) is 0 Å². The van der Waals surface area contributed by atoms with Gasteiger partial charge in [-0.3, -0.25) is 0 Å². The van der Waals surface area contributed by atoms with Gasteiger partial charge in [0, 0.05) is 21.0 Å². The Morgan fingerprint density at radius 3 is 1.21 bits per heavy atom. The summed E-state index contributed by atoms with van der Waals surface area (Å²) in [6, 6.07) is 22.8. The zero-order valence-corrected chi connectivity index (χ0v) is 18.6. The highest BCUT2D eigenvalue weighted by molar-refractivity contribution is 8.03. The molecule has 0 aromatic heterocycles. The third kappa shape index (κ3) is 5.60. The van der Waals surface area contributed by atoms with Gasteiger partial charge in [0.05, 0.1) is 0 Å². The molecule has 2 fully saturated rings. The fourth-order valence-corrected chi connectivity index (χ4v) is 8.41. The molecule has 2 aromatic carbocycles. The quantitative estimate of drug-likeness (QED) is 0.448. The highest BCUT2D eigenvalue weighted by Crippen LogP contribution is 2.53. The lowest BCUT2D eigenvalue weighted by Gasteiger charge is -2.35. The first-order valence-electron chi connectivity index (χ1n) is 11.3. The van der Waals surface area contributed by atoms with Gasteiger partial charge in [-0.15, -0.1) is 23.5 Å². The first-order valence-corrected chi connectivity index (χ1v) is 13.2. The summed E-state index contributed by atoms with van der Waals surface area (Å²) in [5.74, 6) is 0. The molecule has 0 bridgehead atoms. The zero-order valence-electron chi connectivity index (χ0n) is 17.0. The molecule has 0 heterocycles. The van der Waals surface area contributed by atoms with Gasteiger partial charge in [-0.25, -0.2) is 0 Å². The molecule has 0 amide bonds. The van der Waals surface area contributed by atoms with Crippen molar-refractivity contribution in [3.05, 3.63) is 71.8 Å². The molecule has 2 aromatic rings. The Kier molecular flexibility index (Phi) is 7.86. The minimum absolute atomic E-state index is 0.554. The van der Waals surface area contributed by atoms with Crippen LogP contribution in [0.3, 0.4) is 0 Å². The van der Waals surface area contributed by atoms with Crippen molar-refractivity contribution < 1.29 is 0 Å². The van der Waals surface area contributed by atoms with E-state index in [0.29, 0.717) is 10.5 Å². The lowest BCUT2D eigenvalue weighted by atomic mass is 10.0. The Balaban J connectivity index is 1.62. The molecule has 2 heteroatoms. The molecule has 0 unspecified atom stereocenters. The summed E-state index contributed by atoms with van der Waals surface area (Å²) < 4.78 is 0. The van der Waals surface area contributed by atoms with Gasteiger partial charge in [-0.1, -0.05) is 99.2 Å². The SMILES string of the molecule is c1ccc([C@@H](SC2CCCCC2)[C@H](SC2CCCCC2)c2ccccc2)cc1. The van der Waals surface area contributed by atoms with Crippen molar-refractivity contribution in [1.29, 1.82) is 0 Å². The second-order valence-corrected chi connectivity index (χ2v) is 11.3. The summed E-state index contributed by atoms with van der Waals surface area (Å²) in [5.41, 5.74) is 3.05. The van der Waals surface area contributed by atoms with Crippen molar-refractivity contribution >= 4 is 23.5 Å². The van der Waals surface area contributed by atoms with Crippen LogP contribution in [0.4, 0.5) is 0 Å². The van der Waals surface area contributed by atoms with Crippen LogP contribution in [-0.2, 0) is 0 Å². The van der Waals surface area contributed by atoms with Crippen molar-refractivity contribution in [1.82, 2.24) is 0 Å². The molecule has 4 rings (SSSR count). The molecule has 0 N–H and O–H groups in total. The van der Waals surface area contributed by atoms with Crippen molar-refractivity contribution in [3.8, 4) is 0 Å². The number of hydrogen-bond acceptors (Lipinski definition) is 2. The average Bonchev–Trinajstić information content (AvgIpc) is 2.79. The molecule has 150 valence electrons. The number of hydrogen-bond donors (Lipinski definition) is 0. The second kappa shape index (κ2) is 10.8. The van der Waals surface area contributed by atoms with Crippen LogP contribution in [0.25, 0.3) is 0 Å². The third-order valence-corrected chi connectivity index (χ3v) is 9.87. The van der Waals surface area contributed by atoms with E-state index in [1.807, 2.05) is 0 Å². The average molecular weight is 411 g/mol. The van der Waals surface area contributed by atoms with E-state index >= 15 is 0 Å². The standard InChI is InChI=1S/C26H34S2/c1-5-13-21(14-6-1)25(27-23-17-9-3-10-18-23)26(22-15-7-2-8-16-22)28-24-19-11-4-12-20-24/h1-2,5-8,13-16,23-26H,3-4,9-12,17-20H2/t25-,26-/m1/s1. The number of thioether (sulfide) groups is 2. The molecule has 2 aliphatic rings. The maximum absolute atomic E-state index is 2.37. The highest BCUT2D eigenvalue weighted by Gasteiger charge is 2.31. The molecule has 2 saturated carbocycles. The van der Waals surface area contributed by atoms with Crippen LogP contribution < -0.4 is 0 Å². The maximum atomic E-state index is 2.37. The van der Waals surface area contributed by atoms with Crippen LogP contribution >= 0.6 is 23.5 Å². The molecule has 0 aliphatic heterocycles. The second-order valence-electron chi connectivity index (χ2n) is 8.45. The molecular formula is C26H34S2. The van der Waals surface area contributed by atoms with Crippen molar-refractivity contribution in [2.75, 3.05) is 0 Å². The number of rotatable bonds is 7. The predicted molar refractivity (Wildman–Crippen MR) is 127 cm³/mol. The van der Waals surface area contributed by atoms with Gasteiger partial charge in [0.2, 0.25) is 0 Å². The highest BCUT2D eigenvalue weighted by atomic mass is 32.2. The molecule has 2 aliphatic carbocycles. The summed E-state index contributed by atoms with van der Waals surface area (Å²) in [5, 5.41) is 2.77. The fraction of sp³-hybridized carbons (Fsp3) is 0.538. The van der Waals surface area contributed by atoms with Gasteiger partial charge < -0.3 is 0 Å². The number of benzene rings is 2. The van der Waals surface area contributed by atoms with E-state index in [4.69, 9.17) is 0 Å². The summed E-state index contributed by atoms with van der Waals surface area (Å²) in [4.78, 5) is 0. The van der Waals surface area contributed by atoms with Gasteiger partial charge in [-0.2, -0.15) is 0 Å². The van der Waals surface area contributed by atoms with E-state index in [0.717, 1.165) is 10.5 Å². The van der Waals surface area contributed by atoms with Crippen molar-refractivity contribution in [2.24, 2.45) is 0 Å². The lowest BCUT2D eigenvalue weighted by Crippen LogP contribution is -2.17. The Labute approximate surface area is 180 Å². The summed E-state index contributed by atoms with van der Waals surface area (Å²) >= 11 is 4.58. The van der Waals surface area contributed by atoms with Gasteiger partial charge in [0.25, 0.3) is 0 Å². The van der Waals surface area contributed by atoms with E-state index in [9.17, 15) is 0 Å². The third-order valence-electron chi connectivity index (χ3n) is 6.31. The fourth-order valence-electron chi connectivity index (χ4n) is 4.75. The van der Waals surface area contributed by atoms with Crippen LogP contribution in [-0.4, -0.2) is 10.5 Å². The molecular weight excluding hydrogens is 376 g/mol. The minimum atomic E-state index is 0.554. The summed E-state index contributed by atoms with van der Waals surface area (Å²) in [7, 11) is 0. The van der Waals surface area contributed by atoms with E-state index in [2.05, 4.69) is 84.2 Å². The molecule has 0 nitrogen and oxygen atoms in total. The molecule has 0 radical (unpaired) electrons. The van der Waals surface area contributed by atoms with Crippen LogP contribution in [0, 0.1) is 0 Å². The molecule has 0 spiro atoms. The van der Waals surface area contributed by atoms with Crippen molar-refractivity contribution in [3.63, 3.8) is 0 Å². The maximum Gasteiger partial charge on any atom is 0.0459 e. The predicted octanol–water partition coefficient (Wildman–Crippen LogP) is 8.60. The van der Waals surface area contributed by atoms with E-state index in [-0.39, 0.29) is 0 Å². The Morgan fingerprint density at radius 2 is 0.857 bits per heavy atom. The van der Waals surface area contributed by atoms with Crippen LogP contribution in [0.1, 0.15) is 85.8 Å². The molecule has 28 heavy (non-hydrogen) atoms. The Bertz CT molecular complexity index is 611. The first kappa shape index (κ1) is 20.4. The van der Waals surface area contributed by atoms with Gasteiger partial charge in [-0.05, 0) is 36.8 Å². The lowest BCUT2D eigenvalue weighted by molar-refractivity contribution is 0.512. The van der Waals surface area contributed by atoms with Crippen LogP contribution in [0.2, 0.25) is 0 Å². The molecule has 2 atom stereocenters. The van der Waals surface area contributed by atoms with Gasteiger partial charge >= 0.3 is 0 Å². The van der Waals surface area contributed by atoms with E-state index < -0.39 is 0 Å². The summed E-state index contributed by atoms with van der Waals surface area (Å²) in [6.45, 7) is 0. The Morgan fingerprint density at radius 1 is 0.500 bits per heavy atom. The summed E-state index contributed by atoms with van der Waals surface area (Å²) in [6.07, 6.45) is 14.2. The van der Waals surface area contributed by atoms with Gasteiger partial charge in [0.15, 0.2) is 0 Å². The largest absolute Gasteiger partial charge is 0.149 e. The zero-order chi connectivity index (χ0) is 19.0. The van der Waals surface area contributed by atoms with E-state index in [1.165, 1.54) is 75.3 Å². The minimum Gasteiger partial charge on any atom is -0.149 e. The monoisotopic (exact) mass is 410 g/mol. The van der Waals surface area contributed by atoms with Crippen molar-refractivity contribution in [2.45, 2.75) is 85.2 Å².